The number of aromatic nitrogens is 1. The number of pyridine rings is 1. The number of benzene rings is 1. The largest absolute Gasteiger partial charge is 0.283 e. The van der Waals surface area contributed by atoms with E-state index in [4.69, 9.17) is 5.26 Å². The Morgan fingerprint density at radius 2 is 1.94 bits per heavy atom. The standard InChI is InChI=1S/C14H11BrN2O/c1-9-5-6-17(14(18)12(9)8-16)13-4-3-11(15)7-10(13)2/h3-7H,1-2H3. The van der Waals surface area contributed by atoms with Crippen LogP contribution in [0, 0.1) is 25.2 Å². The number of rotatable bonds is 1. The Bertz CT molecular complexity index is 711. The first-order chi connectivity index (χ1) is 8.54. The molecule has 0 bridgehead atoms. The normalized spacial score (nSPS) is 10.1. The lowest BCUT2D eigenvalue weighted by atomic mass is 10.1. The molecule has 0 atom stereocenters. The molecular weight excluding hydrogens is 292 g/mol. The predicted molar refractivity (Wildman–Crippen MR) is 73.9 cm³/mol. The summed E-state index contributed by atoms with van der Waals surface area (Å²) in [5.74, 6) is 0. The molecule has 0 N–H and O–H groups in total. The van der Waals surface area contributed by atoms with Crippen molar-refractivity contribution in [1.82, 2.24) is 4.57 Å². The van der Waals surface area contributed by atoms with Gasteiger partial charge < -0.3 is 0 Å². The third kappa shape index (κ3) is 2.09. The van der Waals surface area contributed by atoms with Gasteiger partial charge in [0.25, 0.3) is 5.56 Å². The summed E-state index contributed by atoms with van der Waals surface area (Å²) in [4.78, 5) is 12.2. The van der Waals surface area contributed by atoms with E-state index in [0.717, 1.165) is 15.7 Å². The second kappa shape index (κ2) is 4.79. The van der Waals surface area contributed by atoms with Gasteiger partial charge in [0.15, 0.2) is 0 Å². The highest BCUT2D eigenvalue weighted by Crippen LogP contribution is 2.18. The van der Waals surface area contributed by atoms with E-state index in [2.05, 4.69) is 15.9 Å². The van der Waals surface area contributed by atoms with Crippen LogP contribution in [0.1, 0.15) is 16.7 Å². The first kappa shape index (κ1) is 12.6. The molecule has 0 unspecified atom stereocenters. The Morgan fingerprint density at radius 3 is 2.56 bits per heavy atom. The van der Waals surface area contributed by atoms with Crippen LogP contribution in [0.15, 0.2) is 39.7 Å². The van der Waals surface area contributed by atoms with Crippen LogP contribution in [0.4, 0.5) is 0 Å². The number of hydrogen-bond acceptors (Lipinski definition) is 2. The van der Waals surface area contributed by atoms with Crippen molar-refractivity contribution in [2.45, 2.75) is 13.8 Å². The Labute approximate surface area is 113 Å². The summed E-state index contributed by atoms with van der Waals surface area (Å²) in [5, 5.41) is 9.01. The second-order valence-corrected chi connectivity index (χ2v) is 5.01. The van der Waals surface area contributed by atoms with Gasteiger partial charge in [-0.3, -0.25) is 9.36 Å². The lowest BCUT2D eigenvalue weighted by Crippen LogP contribution is -2.22. The number of halogens is 1. The average molecular weight is 303 g/mol. The monoisotopic (exact) mass is 302 g/mol. The maximum Gasteiger partial charge on any atom is 0.273 e. The summed E-state index contributed by atoms with van der Waals surface area (Å²) in [6, 6.07) is 9.41. The Kier molecular flexibility index (Phi) is 3.35. The van der Waals surface area contributed by atoms with Gasteiger partial charge in [-0.25, -0.2) is 0 Å². The molecule has 4 heteroatoms. The van der Waals surface area contributed by atoms with E-state index < -0.39 is 0 Å². The molecule has 0 spiro atoms. The van der Waals surface area contributed by atoms with Crippen LogP contribution in [-0.4, -0.2) is 4.57 Å². The molecule has 1 heterocycles. The Hall–Kier alpha value is -1.86. The lowest BCUT2D eigenvalue weighted by molar-refractivity contribution is 0.961. The molecule has 1 aromatic heterocycles. The van der Waals surface area contributed by atoms with E-state index in [-0.39, 0.29) is 11.1 Å². The molecule has 0 saturated carbocycles. The number of nitriles is 1. The zero-order chi connectivity index (χ0) is 13.3. The van der Waals surface area contributed by atoms with Crippen molar-refractivity contribution >= 4 is 15.9 Å². The van der Waals surface area contributed by atoms with E-state index in [0.29, 0.717) is 5.56 Å². The maximum absolute atomic E-state index is 12.2. The smallest absolute Gasteiger partial charge is 0.273 e. The minimum atomic E-state index is -0.275. The van der Waals surface area contributed by atoms with Gasteiger partial charge in [-0.1, -0.05) is 15.9 Å². The van der Waals surface area contributed by atoms with Gasteiger partial charge in [-0.05, 0) is 49.2 Å². The topological polar surface area (TPSA) is 45.8 Å². The summed E-state index contributed by atoms with van der Waals surface area (Å²) in [5.41, 5.74) is 2.38. The van der Waals surface area contributed by atoms with Gasteiger partial charge in [0, 0.05) is 10.7 Å². The quantitative estimate of drug-likeness (QED) is 0.812. The van der Waals surface area contributed by atoms with Gasteiger partial charge in [0.2, 0.25) is 0 Å². The van der Waals surface area contributed by atoms with Gasteiger partial charge >= 0.3 is 0 Å². The zero-order valence-corrected chi connectivity index (χ0v) is 11.7. The van der Waals surface area contributed by atoms with Gasteiger partial charge in [0.05, 0.1) is 5.69 Å². The van der Waals surface area contributed by atoms with E-state index in [9.17, 15) is 4.79 Å². The van der Waals surface area contributed by atoms with Crippen LogP contribution in [0.25, 0.3) is 5.69 Å². The van der Waals surface area contributed by atoms with Crippen molar-refractivity contribution in [1.29, 1.82) is 5.26 Å². The van der Waals surface area contributed by atoms with Crippen LogP contribution in [0.2, 0.25) is 0 Å². The van der Waals surface area contributed by atoms with Crippen LogP contribution < -0.4 is 5.56 Å². The molecule has 0 radical (unpaired) electrons. The number of nitrogens with zero attached hydrogens (tertiary/aromatic N) is 2. The molecule has 90 valence electrons. The molecule has 0 saturated heterocycles. The Balaban J connectivity index is 2.74. The van der Waals surface area contributed by atoms with Gasteiger partial charge in [-0.2, -0.15) is 5.26 Å². The van der Waals surface area contributed by atoms with Crippen LogP contribution in [-0.2, 0) is 0 Å². The van der Waals surface area contributed by atoms with Gasteiger partial charge in [0.1, 0.15) is 11.6 Å². The number of aryl methyl sites for hydroxylation is 2. The van der Waals surface area contributed by atoms with Crippen LogP contribution in [0.3, 0.4) is 0 Å². The fourth-order valence-electron chi connectivity index (χ4n) is 1.84. The van der Waals surface area contributed by atoms with E-state index in [1.54, 1.807) is 19.2 Å². The highest BCUT2D eigenvalue weighted by molar-refractivity contribution is 9.10. The average Bonchev–Trinajstić information content (AvgIpc) is 2.31. The molecule has 0 amide bonds. The maximum atomic E-state index is 12.2. The summed E-state index contributed by atoms with van der Waals surface area (Å²) in [6.07, 6.45) is 1.70. The molecule has 0 aliphatic carbocycles. The summed E-state index contributed by atoms with van der Waals surface area (Å²) < 4.78 is 2.47. The van der Waals surface area contributed by atoms with Crippen molar-refractivity contribution in [3.8, 4) is 11.8 Å². The lowest BCUT2D eigenvalue weighted by Gasteiger charge is -2.10. The zero-order valence-electron chi connectivity index (χ0n) is 10.1. The molecule has 3 nitrogen and oxygen atoms in total. The van der Waals surface area contributed by atoms with Crippen LogP contribution in [0.5, 0.6) is 0 Å². The highest BCUT2D eigenvalue weighted by Gasteiger charge is 2.09. The minimum Gasteiger partial charge on any atom is -0.283 e. The van der Waals surface area contributed by atoms with Crippen molar-refractivity contribution in [2.75, 3.05) is 0 Å². The van der Waals surface area contributed by atoms with Crippen molar-refractivity contribution in [2.24, 2.45) is 0 Å². The highest BCUT2D eigenvalue weighted by atomic mass is 79.9. The fraction of sp³-hybridized carbons (Fsp3) is 0.143. The molecule has 18 heavy (non-hydrogen) atoms. The van der Waals surface area contributed by atoms with E-state index in [1.165, 1.54) is 4.57 Å². The van der Waals surface area contributed by atoms with Crippen molar-refractivity contribution in [3.63, 3.8) is 0 Å². The molecule has 0 aliphatic rings. The molecule has 1 aromatic carbocycles. The van der Waals surface area contributed by atoms with Crippen molar-refractivity contribution < 1.29 is 0 Å². The third-order valence-electron chi connectivity index (χ3n) is 2.83. The molecule has 0 fully saturated rings. The summed E-state index contributed by atoms with van der Waals surface area (Å²) >= 11 is 3.39. The minimum absolute atomic E-state index is 0.194. The first-order valence-electron chi connectivity index (χ1n) is 5.43. The molecule has 2 aromatic rings. The van der Waals surface area contributed by atoms with E-state index in [1.807, 2.05) is 31.2 Å². The molecule has 2 rings (SSSR count). The summed E-state index contributed by atoms with van der Waals surface area (Å²) in [6.45, 7) is 3.69. The predicted octanol–water partition coefficient (Wildman–Crippen LogP) is 3.09. The third-order valence-corrected chi connectivity index (χ3v) is 3.32. The fourth-order valence-corrected chi connectivity index (χ4v) is 2.32. The summed E-state index contributed by atoms with van der Waals surface area (Å²) in [7, 11) is 0. The Morgan fingerprint density at radius 1 is 1.22 bits per heavy atom. The number of hydrogen-bond donors (Lipinski definition) is 0. The first-order valence-corrected chi connectivity index (χ1v) is 6.23. The second-order valence-electron chi connectivity index (χ2n) is 4.09. The molecular formula is C14H11BrN2O. The van der Waals surface area contributed by atoms with E-state index >= 15 is 0 Å². The van der Waals surface area contributed by atoms with Gasteiger partial charge in [-0.15, -0.1) is 0 Å². The van der Waals surface area contributed by atoms with Crippen LogP contribution >= 0.6 is 15.9 Å². The molecule has 0 aliphatic heterocycles. The van der Waals surface area contributed by atoms with Crippen molar-refractivity contribution in [3.05, 3.63) is 62.0 Å². The SMILES string of the molecule is Cc1cc(Br)ccc1-n1ccc(C)c(C#N)c1=O.